The number of benzene rings is 2. The molecule has 2 aromatic rings. The molecule has 3 rings (SSSR count). The standard InChI is InChI=1S/C22H25ClFN3O/c1-2-21(24)20-14-17(27-9-7-26(8-10-27)11-12-28)13-19(22(20)23)18-6-4-3-5-16(18)15-25/h3-6,13-14,21,28H,2,7-12H2,1H3. The highest BCUT2D eigenvalue weighted by Gasteiger charge is 2.23. The normalized spacial score (nSPS) is 16.0. The number of alkyl halides is 1. The van der Waals surface area contributed by atoms with Crippen LogP contribution >= 0.6 is 11.6 Å². The number of β-amino-alcohol motifs (C(OH)–C–C–N with tert-alkyl or cyclic N) is 1. The monoisotopic (exact) mass is 401 g/mol. The van der Waals surface area contributed by atoms with E-state index < -0.39 is 6.17 Å². The Hall–Kier alpha value is -2.13. The van der Waals surface area contributed by atoms with Crippen molar-refractivity contribution in [3.05, 3.63) is 52.5 Å². The molecule has 0 radical (unpaired) electrons. The average Bonchev–Trinajstić information content (AvgIpc) is 2.74. The third-order valence-electron chi connectivity index (χ3n) is 5.27. The minimum absolute atomic E-state index is 0.153. The summed E-state index contributed by atoms with van der Waals surface area (Å²) in [5.41, 5.74) is 3.33. The van der Waals surface area contributed by atoms with Gasteiger partial charge in [0.05, 0.1) is 23.3 Å². The maximum absolute atomic E-state index is 14.7. The maximum atomic E-state index is 14.7. The second-order valence-electron chi connectivity index (χ2n) is 6.98. The van der Waals surface area contributed by atoms with Gasteiger partial charge in [0.25, 0.3) is 0 Å². The van der Waals surface area contributed by atoms with Gasteiger partial charge in [-0.25, -0.2) is 4.39 Å². The molecular weight excluding hydrogens is 377 g/mol. The van der Waals surface area contributed by atoms with E-state index in [4.69, 9.17) is 16.7 Å². The van der Waals surface area contributed by atoms with E-state index in [1.54, 1.807) is 13.0 Å². The van der Waals surface area contributed by atoms with Crippen molar-refractivity contribution in [2.75, 3.05) is 44.2 Å². The second kappa shape index (κ2) is 9.38. The van der Waals surface area contributed by atoms with E-state index in [0.717, 1.165) is 37.4 Å². The van der Waals surface area contributed by atoms with Gasteiger partial charge in [0.1, 0.15) is 6.17 Å². The first kappa shape index (κ1) is 20.6. The van der Waals surface area contributed by atoms with Gasteiger partial charge in [0.2, 0.25) is 0 Å². The van der Waals surface area contributed by atoms with Crippen LogP contribution in [0, 0.1) is 11.3 Å². The summed E-state index contributed by atoms with van der Waals surface area (Å²) in [5.74, 6) is 0. The van der Waals surface area contributed by atoms with Gasteiger partial charge in [-0.05, 0) is 24.6 Å². The Morgan fingerprint density at radius 2 is 1.89 bits per heavy atom. The van der Waals surface area contributed by atoms with Crippen LogP contribution in [-0.2, 0) is 0 Å². The smallest absolute Gasteiger partial charge is 0.126 e. The predicted octanol–water partition coefficient (Wildman–Crippen LogP) is 4.41. The fourth-order valence-corrected chi connectivity index (χ4v) is 3.97. The molecule has 0 aliphatic carbocycles. The molecule has 1 aliphatic rings. The highest BCUT2D eigenvalue weighted by atomic mass is 35.5. The van der Waals surface area contributed by atoms with Crippen LogP contribution in [0.1, 0.15) is 30.6 Å². The van der Waals surface area contributed by atoms with Crippen LogP contribution in [0.5, 0.6) is 0 Å². The van der Waals surface area contributed by atoms with E-state index in [-0.39, 0.29) is 6.61 Å². The van der Waals surface area contributed by atoms with Gasteiger partial charge in [-0.3, -0.25) is 4.90 Å². The lowest BCUT2D eigenvalue weighted by atomic mass is 9.95. The minimum atomic E-state index is -1.16. The summed E-state index contributed by atoms with van der Waals surface area (Å²) >= 11 is 6.62. The zero-order valence-corrected chi connectivity index (χ0v) is 16.8. The number of halogens is 2. The van der Waals surface area contributed by atoms with Crippen molar-refractivity contribution < 1.29 is 9.50 Å². The van der Waals surface area contributed by atoms with E-state index >= 15 is 0 Å². The lowest BCUT2D eigenvalue weighted by Gasteiger charge is -2.36. The summed E-state index contributed by atoms with van der Waals surface area (Å²) in [5, 5.41) is 19.0. The summed E-state index contributed by atoms with van der Waals surface area (Å²) in [7, 11) is 0. The molecule has 2 aromatic carbocycles. The molecule has 1 N–H and O–H groups in total. The maximum Gasteiger partial charge on any atom is 0.126 e. The molecular formula is C22H25ClFN3O. The Bertz CT molecular complexity index is 859. The predicted molar refractivity (Wildman–Crippen MR) is 111 cm³/mol. The van der Waals surface area contributed by atoms with Crippen LogP contribution in [0.3, 0.4) is 0 Å². The van der Waals surface area contributed by atoms with Gasteiger partial charge >= 0.3 is 0 Å². The molecule has 4 nitrogen and oxygen atoms in total. The van der Waals surface area contributed by atoms with Crippen LogP contribution in [-0.4, -0.2) is 49.3 Å². The Morgan fingerprint density at radius 3 is 2.54 bits per heavy atom. The molecule has 1 heterocycles. The number of nitrogens with zero attached hydrogens (tertiary/aromatic N) is 3. The number of nitriles is 1. The number of piperazine rings is 1. The molecule has 1 atom stereocenters. The molecule has 28 heavy (non-hydrogen) atoms. The van der Waals surface area contributed by atoms with Gasteiger partial charge < -0.3 is 10.0 Å². The fraction of sp³-hybridized carbons (Fsp3) is 0.409. The quantitative estimate of drug-likeness (QED) is 0.778. The van der Waals surface area contributed by atoms with Crippen molar-refractivity contribution in [3.8, 4) is 17.2 Å². The van der Waals surface area contributed by atoms with Crippen LogP contribution in [0.4, 0.5) is 10.1 Å². The Balaban J connectivity index is 2.03. The van der Waals surface area contributed by atoms with Crippen molar-refractivity contribution in [1.82, 2.24) is 4.90 Å². The van der Waals surface area contributed by atoms with E-state index in [2.05, 4.69) is 15.9 Å². The highest BCUT2D eigenvalue weighted by Crippen LogP contribution is 2.40. The highest BCUT2D eigenvalue weighted by molar-refractivity contribution is 6.34. The molecule has 0 aromatic heterocycles. The molecule has 0 saturated carbocycles. The molecule has 1 saturated heterocycles. The Kier molecular flexibility index (Phi) is 6.90. The summed E-state index contributed by atoms with van der Waals surface area (Å²) in [6, 6.07) is 13.3. The Labute approximate surface area is 170 Å². The van der Waals surface area contributed by atoms with Crippen LogP contribution < -0.4 is 4.90 Å². The minimum Gasteiger partial charge on any atom is -0.395 e. The number of rotatable bonds is 6. The molecule has 1 unspecified atom stereocenters. The number of aliphatic hydroxyl groups excluding tert-OH is 1. The van der Waals surface area contributed by atoms with Crippen molar-refractivity contribution in [1.29, 1.82) is 5.26 Å². The van der Waals surface area contributed by atoms with Crippen LogP contribution in [0.25, 0.3) is 11.1 Å². The van der Waals surface area contributed by atoms with E-state index in [1.807, 2.05) is 30.3 Å². The van der Waals surface area contributed by atoms with Gasteiger partial charge in [-0.2, -0.15) is 5.26 Å². The topological polar surface area (TPSA) is 50.5 Å². The summed E-state index contributed by atoms with van der Waals surface area (Å²) in [4.78, 5) is 4.43. The van der Waals surface area contributed by atoms with Gasteiger partial charge in [-0.15, -0.1) is 0 Å². The van der Waals surface area contributed by atoms with Crippen molar-refractivity contribution >= 4 is 17.3 Å². The van der Waals surface area contributed by atoms with Crippen LogP contribution in [0.2, 0.25) is 5.02 Å². The molecule has 1 fully saturated rings. The number of aliphatic hydroxyl groups is 1. The van der Waals surface area contributed by atoms with Crippen molar-refractivity contribution in [2.24, 2.45) is 0 Å². The third kappa shape index (κ3) is 4.30. The fourth-order valence-electron chi connectivity index (χ4n) is 3.64. The zero-order valence-electron chi connectivity index (χ0n) is 16.0. The molecule has 0 bridgehead atoms. The second-order valence-corrected chi connectivity index (χ2v) is 7.36. The first-order chi connectivity index (χ1) is 13.6. The molecule has 6 heteroatoms. The van der Waals surface area contributed by atoms with Gasteiger partial charge in [0.15, 0.2) is 0 Å². The van der Waals surface area contributed by atoms with Crippen molar-refractivity contribution in [2.45, 2.75) is 19.5 Å². The van der Waals surface area contributed by atoms with Gasteiger partial charge in [-0.1, -0.05) is 36.7 Å². The zero-order chi connectivity index (χ0) is 20.1. The van der Waals surface area contributed by atoms with E-state index in [0.29, 0.717) is 34.7 Å². The molecule has 0 amide bonds. The summed E-state index contributed by atoms with van der Waals surface area (Å²) < 4.78 is 14.7. The number of anilines is 1. The SMILES string of the molecule is CCC(F)c1cc(N2CCN(CCO)CC2)cc(-c2ccccc2C#N)c1Cl. The first-order valence-electron chi connectivity index (χ1n) is 9.64. The van der Waals surface area contributed by atoms with E-state index in [9.17, 15) is 9.65 Å². The van der Waals surface area contributed by atoms with Crippen molar-refractivity contribution in [3.63, 3.8) is 0 Å². The lowest BCUT2D eigenvalue weighted by molar-refractivity contribution is 0.189. The average molecular weight is 402 g/mol. The lowest BCUT2D eigenvalue weighted by Crippen LogP contribution is -2.47. The molecule has 1 aliphatic heterocycles. The largest absolute Gasteiger partial charge is 0.395 e. The van der Waals surface area contributed by atoms with Gasteiger partial charge in [0, 0.05) is 55.1 Å². The third-order valence-corrected chi connectivity index (χ3v) is 5.69. The summed E-state index contributed by atoms with van der Waals surface area (Å²) in [6.07, 6.45) is -0.816. The first-order valence-corrected chi connectivity index (χ1v) is 10.0. The molecule has 148 valence electrons. The number of hydrogen-bond acceptors (Lipinski definition) is 4. The van der Waals surface area contributed by atoms with Crippen LogP contribution in [0.15, 0.2) is 36.4 Å². The summed E-state index contributed by atoms with van der Waals surface area (Å²) in [6.45, 7) is 5.89. The van der Waals surface area contributed by atoms with E-state index in [1.165, 1.54) is 0 Å². The Morgan fingerprint density at radius 1 is 1.18 bits per heavy atom. The number of hydrogen-bond donors (Lipinski definition) is 1. The molecule has 0 spiro atoms.